The van der Waals surface area contributed by atoms with Crippen LogP contribution >= 0.6 is 11.6 Å². The Morgan fingerprint density at radius 3 is 2.85 bits per heavy atom. The molecule has 0 spiro atoms. The number of amides is 1. The molecule has 0 heterocycles. The first-order chi connectivity index (χ1) is 9.67. The van der Waals surface area contributed by atoms with Gasteiger partial charge in [-0.15, -0.1) is 0 Å². The SMILES string of the molecule is CNC(=O)CCOc1ccc(Cl)cc1CNCCOC. The Morgan fingerprint density at radius 2 is 2.15 bits per heavy atom. The summed E-state index contributed by atoms with van der Waals surface area (Å²) in [7, 11) is 3.27. The lowest BCUT2D eigenvalue weighted by Gasteiger charge is -2.12. The molecule has 20 heavy (non-hydrogen) atoms. The molecule has 0 fully saturated rings. The predicted molar refractivity (Wildman–Crippen MR) is 79.2 cm³/mol. The molecule has 112 valence electrons. The second-order valence-corrected chi connectivity index (χ2v) is 4.63. The standard InChI is InChI=1S/C14H21ClN2O3/c1-16-14(18)5-7-20-13-4-3-12(15)9-11(13)10-17-6-8-19-2/h3-4,9,17H,5-8,10H2,1-2H3,(H,16,18). The second kappa shape index (κ2) is 9.58. The highest BCUT2D eigenvalue weighted by Crippen LogP contribution is 2.23. The Labute approximate surface area is 124 Å². The minimum Gasteiger partial charge on any atom is -0.493 e. The molecule has 1 aromatic rings. The van der Waals surface area contributed by atoms with Crippen LogP contribution in [0.2, 0.25) is 5.02 Å². The number of benzene rings is 1. The van der Waals surface area contributed by atoms with Crippen LogP contribution in [0.5, 0.6) is 5.75 Å². The van der Waals surface area contributed by atoms with E-state index in [1.54, 1.807) is 20.2 Å². The van der Waals surface area contributed by atoms with E-state index in [1.165, 1.54) is 0 Å². The second-order valence-electron chi connectivity index (χ2n) is 4.19. The fraction of sp³-hybridized carbons (Fsp3) is 0.500. The van der Waals surface area contributed by atoms with Crippen molar-refractivity contribution >= 4 is 17.5 Å². The maximum absolute atomic E-state index is 11.1. The first kappa shape index (κ1) is 16.8. The minimum absolute atomic E-state index is 0.0428. The number of methoxy groups -OCH3 is 1. The third kappa shape index (κ3) is 6.23. The molecule has 0 saturated carbocycles. The molecule has 2 N–H and O–H groups in total. The van der Waals surface area contributed by atoms with Gasteiger partial charge in [0.1, 0.15) is 5.75 Å². The monoisotopic (exact) mass is 300 g/mol. The van der Waals surface area contributed by atoms with Crippen molar-refractivity contribution in [3.63, 3.8) is 0 Å². The van der Waals surface area contributed by atoms with Gasteiger partial charge in [0.2, 0.25) is 5.91 Å². The largest absolute Gasteiger partial charge is 0.493 e. The van der Waals surface area contributed by atoms with Crippen LogP contribution in [0, 0.1) is 0 Å². The lowest BCUT2D eigenvalue weighted by atomic mass is 10.2. The Kier molecular flexibility index (Phi) is 8.02. The molecule has 0 aromatic heterocycles. The van der Waals surface area contributed by atoms with Crippen molar-refractivity contribution in [1.82, 2.24) is 10.6 Å². The first-order valence-corrected chi connectivity index (χ1v) is 6.86. The van der Waals surface area contributed by atoms with E-state index in [4.69, 9.17) is 21.1 Å². The molecular formula is C14H21ClN2O3. The van der Waals surface area contributed by atoms with Gasteiger partial charge >= 0.3 is 0 Å². The third-order valence-corrected chi connectivity index (χ3v) is 2.92. The van der Waals surface area contributed by atoms with Gasteiger partial charge < -0.3 is 20.1 Å². The van der Waals surface area contributed by atoms with E-state index in [1.807, 2.05) is 12.1 Å². The van der Waals surface area contributed by atoms with Crippen molar-refractivity contribution in [3.05, 3.63) is 28.8 Å². The van der Waals surface area contributed by atoms with Gasteiger partial charge in [0.05, 0.1) is 19.6 Å². The Morgan fingerprint density at radius 1 is 1.35 bits per heavy atom. The number of hydrogen-bond donors (Lipinski definition) is 2. The Hall–Kier alpha value is -1.30. The van der Waals surface area contributed by atoms with Crippen LogP contribution < -0.4 is 15.4 Å². The van der Waals surface area contributed by atoms with E-state index in [2.05, 4.69) is 10.6 Å². The highest BCUT2D eigenvalue weighted by atomic mass is 35.5. The number of ether oxygens (including phenoxy) is 2. The molecular weight excluding hydrogens is 280 g/mol. The quantitative estimate of drug-likeness (QED) is 0.680. The number of halogens is 1. The highest BCUT2D eigenvalue weighted by Gasteiger charge is 2.06. The Bertz CT molecular complexity index is 427. The molecule has 1 aromatic carbocycles. The van der Waals surface area contributed by atoms with E-state index < -0.39 is 0 Å². The number of carbonyl (C=O) groups is 1. The van der Waals surface area contributed by atoms with Gasteiger partial charge in [-0.2, -0.15) is 0 Å². The van der Waals surface area contributed by atoms with E-state index in [9.17, 15) is 4.79 Å². The molecule has 0 aliphatic carbocycles. The van der Waals surface area contributed by atoms with Gasteiger partial charge in [-0.25, -0.2) is 0 Å². The fourth-order valence-corrected chi connectivity index (χ4v) is 1.80. The lowest BCUT2D eigenvalue weighted by molar-refractivity contribution is -0.121. The fourth-order valence-electron chi connectivity index (χ4n) is 1.60. The third-order valence-electron chi connectivity index (χ3n) is 2.69. The molecule has 1 amide bonds. The maximum atomic E-state index is 11.1. The summed E-state index contributed by atoms with van der Waals surface area (Å²) in [4.78, 5) is 11.1. The highest BCUT2D eigenvalue weighted by molar-refractivity contribution is 6.30. The van der Waals surface area contributed by atoms with Crippen molar-refractivity contribution in [2.75, 3.05) is 33.9 Å². The van der Waals surface area contributed by atoms with Crippen LogP contribution in [-0.2, 0) is 16.1 Å². The van der Waals surface area contributed by atoms with Gasteiger partial charge in [-0.1, -0.05) is 11.6 Å². The summed E-state index contributed by atoms with van der Waals surface area (Å²) in [5.74, 6) is 0.696. The number of hydrogen-bond acceptors (Lipinski definition) is 4. The van der Waals surface area contributed by atoms with E-state index in [0.717, 1.165) is 17.9 Å². The molecule has 5 nitrogen and oxygen atoms in total. The normalized spacial score (nSPS) is 10.3. The average molecular weight is 301 g/mol. The summed E-state index contributed by atoms with van der Waals surface area (Å²) in [6, 6.07) is 5.45. The summed E-state index contributed by atoms with van der Waals surface area (Å²) in [6.45, 7) is 2.37. The van der Waals surface area contributed by atoms with Crippen LogP contribution in [0.4, 0.5) is 0 Å². The predicted octanol–water partition coefficient (Wildman–Crippen LogP) is 1.59. The van der Waals surface area contributed by atoms with Gasteiger partial charge in [-0.3, -0.25) is 4.79 Å². The first-order valence-electron chi connectivity index (χ1n) is 6.49. The van der Waals surface area contributed by atoms with Gasteiger partial charge in [0, 0.05) is 37.8 Å². The summed E-state index contributed by atoms with van der Waals surface area (Å²) in [5, 5.41) is 6.45. The van der Waals surface area contributed by atoms with Crippen molar-refractivity contribution in [1.29, 1.82) is 0 Å². The number of nitrogens with one attached hydrogen (secondary N) is 2. The van der Waals surface area contributed by atoms with Crippen LogP contribution in [0.25, 0.3) is 0 Å². The van der Waals surface area contributed by atoms with Crippen LogP contribution in [0.3, 0.4) is 0 Å². The van der Waals surface area contributed by atoms with Crippen molar-refractivity contribution in [2.45, 2.75) is 13.0 Å². The molecule has 0 bridgehead atoms. The molecule has 0 unspecified atom stereocenters. The van der Waals surface area contributed by atoms with Gasteiger partial charge in [0.25, 0.3) is 0 Å². The zero-order valence-electron chi connectivity index (χ0n) is 11.9. The van der Waals surface area contributed by atoms with Crippen molar-refractivity contribution in [3.8, 4) is 5.75 Å². The molecule has 0 atom stereocenters. The van der Waals surface area contributed by atoms with Crippen LogP contribution in [0.1, 0.15) is 12.0 Å². The van der Waals surface area contributed by atoms with E-state index >= 15 is 0 Å². The molecule has 0 radical (unpaired) electrons. The lowest BCUT2D eigenvalue weighted by Crippen LogP contribution is -2.21. The molecule has 0 aliphatic heterocycles. The molecule has 6 heteroatoms. The topological polar surface area (TPSA) is 59.6 Å². The summed E-state index contributed by atoms with van der Waals surface area (Å²) < 4.78 is 10.6. The zero-order valence-corrected chi connectivity index (χ0v) is 12.6. The smallest absolute Gasteiger partial charge is 0.223 e. The minimum atomic E-state index is -0.0428. The van der Waals surface area contributed by atoms with Crippen molar-refractivity contribution < 1.29 is 14.3 Å². The van der Waals surface area contributed by atoms with Crippen molar-refractivity contribution in [2.24, 2.45) is 0 Å². The molecule has 0 aliphatic rings. The summed E-state index contributed by atoms with van der Waals surface area (Å²) in [5.41, 5.74) is 0.963. The zero-order chi connectivity index (χ0) is 14.8. The number of carbonyl (C=O) groups excluding carboxylic acids is 1. The molecule has 0 saturated heterocycles. The summed E-state index contributed by atoms with van der Waals surface area (Å²) in [6.07, 6.45) is 0.329. The van der Waals surface area contributed by atoms with Crippen LogP contribution in [-0.4, -0.2) is 39.8 Å². The Balaban J connectivity index is 2.53. The van der Waals surface area contributed by atoms with Gasteiger partial charge in [0.15, 0.2) is 0 Å². The van der Waals surface area contributed by atoms with E-state index in [-0.39, 0.29) is 5.91 Å². The maximum Gasteiger partial charge on any atom is 0.223 e. The van der Waals surface area contributed by atoms with E-state index in [0.29, 0.717) is 31.2 Å². The molecule has 1 rings (SSSR count). The summed E-state index contributed by atoms with van der Waals surface area (Å²) >= 11 is 5.99. The van der Waals surface area contributed by atoms with Gasteiger partial charge in [-0.05, 0) is 18.2 Å². The van der Waals surface area contributed by atoms with Crippen LogP contribution in [0.15, 0.2) is 18.2 Å². The average Bonchev–Trinajstić information content (AvgIpc) is 2.45. The number of rotatable bonds is 9.